The molecule has 13 rings (SSSR count). The molecule has 0 radical (unpaired) electrons. The number of para-hydroxylation sites is 2. The number of aromatic nitrogens is 2. The summed E-state index contributed by atoms with van der Waals surface area (Å²) in [5.74, 6) is 0. The van der Waals surface area contributed by atoms with E-state index in [1.807, 2.05) is 6.20 Å². The van der Waals surface area contributed by atoms with Crippen LogP contribution in [-0.4, -0.2) is 9.97 Å². The quantitative estimate of drug-likeness (QED) is 0.169. The third-order valence-electron chi connectivity index (χ3n) is 12.9. The van der Waals surface area contributed by atoms with Gasteiger partial charge in [0, 0.05) is 49.0 Å². The molecule has 0 fully saturated rings. The summed E-state index contributed by atoms with van der Waals surface area (Å²) in [6.45, 7) is 4.65. The lowest BCUT2D eigenvalue weighted by Crippen LogP contribution is -2.14. The highest BCUT2D eigenvalue weighted by Crippen LogP contribution is 2.51. The Morgan fingerprint density at radius 2 is 1.00 bits per heavy atom. The third kappa shape index (κ3) is 4.49. The van der Waals surface area contributed by atoms with Crippen molar-refractivity contribution in [3.8, 4) is 44.6 Å². The van der Waals surface area contributed by atoms with Crippen LogP contribution >= 0.6 is 0 Å². The summed E-state index contributed by atoms with van der Waals surface area (Å²) < 4.78 is 13.8. The van der Waals surface area contributed by atoms with E-state index < -0.39 is 0 Å². The van der Waals surface area contributed by atoms with E-state index in [9.17, 15) is 0 Å². The van der Waals surface area contributed by atoms with E-state index >= 15 is 0 Å². The molecule has 3 heterocycles. The van der Waals surface area contributed by atoms with Gasteiger partial charge in [-0.05, 0) is 68.4 Å². The first-order chi connectivity index (χ1) is 29.0. The minimum Gasteiger partial charge on any atom is -0.455 e. The molecule has 0 aliphatic heterocycles. The average molecular weight is 755 g/mol. The maximum absolute atomic E-state index is 6.99. The Hall–Kier alpha value is -7.56. The Labute approximate surface area is 339 Å². The Balaban J connectivity index is 0.949. The SMILES string of the molecule is CC1(C)c2ccccc2-c2ccc(-c3cccc4c3oc3ccc5c6cccc(-c7cccc(-c8cnc9c%10ccccc%10c%10ccccc%10c9n8)c7)c6oc5c34)cc21. The summed E-state index contributed by atoms with van der Waals surface area (Å²) in [7, 11) is 0. The number of hydrogen-bond donors (Lipinski definition) is 0. The molecule has 0 saturated heterocycles. The molecule has 0 spiro atoms. The number of rotatable bonds is 3. The van der Waals surface area contributed by atoms with Crippen LogP contribution in [0.15, 0.2) is 179 Å². The second-order valence-corrected chi connectivity index (χ2v) is 16.4. The van der Waals surface area contributed by atoms with Crippen LogP contribution in [-0.2, 0) is 5.41 Å². The molecule has 0 amide bonds. The van der Waals surface area contributed by atoms with Gasteiger partial charge in [-0.3, -0.25) is 4.98 Å². The first kappa shape index (κ1) is 32.5. The van der Waals surface area contributed by atoms with Gasteiger partial charge in [0.25, 0.3) is 0 Å². The molecule has 0 bridgehead atoms. The van der Waals surface area contributed by atoms with Crippen LogP contribution in [0, 0.1) is 0 Å². The van der Waals surface area contributed by atoms with Crippen LogP contribution in [0.4, 0.5) is 0 Å². The van der Waals surface area contributed by atoms with Crippen molar-refractivity contribution >= 4 is 76.5 Å². The molecule has 4 heteroatoms. The van der Waals surface area contributed by atoms with Crippen molar-refractivity contribution in [2.75, 3.05) is 0 Å². The molecule has 9 aromatic carbocycles. The van der Waals surface area contributed by atoms with Gasteiger partial charge >= 0.3 is 0 Å². The van der Waals surface area contributed by atoms with Crippen molar-refractivity contribution in [3.05, 3.63) is 181 Å². The van der Waals surface area contributed by atoms with Crippen molar-refractivity contribution in [1.29, 1.82) is 0 Å². The van der Waals surface area contributed by atoms with Gasteiger partial charge in [-0.2, -0.15) is 0 Å². The first-order valence-electron chi connectivity index (χ1n) is 20.2. The number of hydrogen-bond acceptors (Lipinski definition) is 4. The van der Waals surface area contributed by atoms with Crippen LogP contribution in [0.5, 0.6) is 0 Å². The lowest BCUT2D eigenvalue weighted by Gasteiger charge is -2.22. The summed E-state index contributed by atoms with van der Waals surface area (Å²) in [5, 5.41) is 8.76. The van der Waals surface area contributed by atoms with Crippen LogP contribution < -0.4 is 0 Å². The molecule has 0 atom stereocenters. The van der Waals surface area contributed by atoms with Crippen molar-refractivity contribution in [2.24, 2.45) is 0 Å². The Morgan fingerprint density at radius 1 is 0.407 bits per heavy atom. The van der Waals surface area contributed by atoms with E-state index in [0.29, 0.717) is 0 Å². The average Bonchev–Trinajstić information content (AvgIpc) is 3.94. The van der Waals surface area contributed by atoms with E-state index in [1.165, 1.54) is 33.0 Å². The smallest absolute Gasteiger partial charge is 0.147 e. The zero-order valence-electron chi connectivity index (χ0n) is 32.4. The van der Waals surface area contributed by atoms with E-state index in [0.717, 1.165) is 99.2 Å². The molecular formula is C55H34N2O2. The minimum absolute atomic E-state index is 0.0888. The molecule has 3 aromatic heterocycles. The number of fused-ring (bicyclic) bond motifs is 16. The van der Waals surface area contributed by atoms with Crippen molar-refractivity contribution in [1.82, 2.24) is 9.97 Å². The van der Waals surface area contributed by atoms with Crippen LogP contribution in [0.25, 0.3) is 121 Å². The van der Waals surface area contributed by atoms with Crippen molar-refractivity contribution < 1.29 is 8.83 Å². The largest absolute Gasteiger partial charge is 0.455 e. The fourth-order valence-electron chi connectivity index (χ4n) is 10.1. The van der Waals surface area contributed by atoms with E-state index in [4.69, 9.17) is 18.8 Å². The zero-order chi connectivity index (χ0) is 39.0. The standard InChI is InChI=1S/C55H34N2O2/c1-55(2)45-23-8-7-16-38(45)39-25-24-32(29-46(39)55)35-20-11-22-44-49-48(58-53(35)44)27-26-43-42-21-10-19-34(52(42)59-54(43)49)31-12-9-13-33(28-31)47-30-56-50-40-17-5-3-14-36(40)37-15-4-6-18-41(37)51(50)57-47/h3-30H,1-2H3. The topological polar surface area (TPSA) is 52.1 Å². The first-order valence-corrected chi connectivity index (χ1v) is 20.2. The van der Waals surface area contributed by atoms with Crippen molar-refractivity contribution in [3.63, 3.8) is 0 Å². The lowest BCUT2D eigenvalue weighted by atomic mass is 9.81. The maximum atomic E-state index is 6.99. The summed E-state index contributed by atoms with van der Waals surface area (Å²) in [5.41, 5.74) is 16.6. The van der Waals surface area contributed by atoms with E-state index in [-0.39, 0.29) is 5.41 Å². The predicted octanol–water partition coefficient (Wildman–Crippen LogP) is 15.0. The third-order valence-corrected chi connectivity index (χ3v) is 12.9. The second-order valence-electron chi connectivity index (χ2n) is 16.4. The highest BCUT2D eigenvalue weighted by Gasteiger charge is 2.35. The molecule has 0 unspecified atom stereocenters. The van der Waals surface area contributed by atoms with Crippen LogP contribution in [0.2, 0.25) is 0 Å². The Kier molecular flexibility index (Phi) is 6.48. The lowest BCUT2D eigenvalue weighted by molar-refractivity contribution is 0.659. The van der Waals surface area contributed by atoms with Gasteiger partial charge in [0.2, 0.25) is 0 Å². The summed E-state index contributed by atoms with van der Waals surface area (Å²) in [4.78, 5) is 10.3. The molecule has 1 aliphatic carbocycles. The van der Waals surface area contributed by atoms with Crippen molar-refractivity contribution in [2.45, 2.75) is 19.3 Å². The maximum Gasteiger partial charge on any atom is 0.147 e. The van der Waals surface area contributed by atoms with Gasteiger partial charge in [0.1, 0.15) is 22.3 Å². The monoisotopic (exact) mass is 754 g/mol. The second kappa shape index (κ2) is 11.7. The Bertz CT molecular complexity index is 3740. The van der Waals surface area contributed by atoms with Gasteiger partial charge in [-0.25, -0.2) is 4.98 Å². The fraction of sp³-hybridized carbons (Fsp3) is 0.0545. The van der Waals surface area contributed by atoms with Crippen LogP contribution in [0.1, 0.15) is 25.0 Å². The van der Waals surface area contributed by atoms with Gasteiger partial charge in [-0.15, -0.1) is 0 Å². The number of nitrogens with zero attached hydrogens (tertiary/aromatic N) is 2. The summed E-state index contributed by atoms with van der Waals surface area (Å²) in [6, 6.07) is 58.3. The van der Waals surface area contributed by atoms with E-state index in [2.05, 4.69) is 178 Å². The molecule has 59 heavy (non-hydrogen) atoms. The van der Waals surface area contributed by atoms with Crippen LogP contribution in [0.3, 0.4) is 0 Å². The Morgan fingerprint density at radius 3 is 1.81 bits per heavy atom. The van der Waals surface area contributed by atoms with E-state index in [1.54, 1.807) is 0 Å². The molecule has 12 aromatic rings. The highest BCUT2D eigenvalue weighted by atomic mass is 16.3. The predicted molar refractivity (Wildman–Crippen MR) is 243 cm³/mol. The number of benzene rings is 9. The van der Waals surface area contributed by atoms with Gasteiger partial charge in [0.15, 0.2) is 0 Å². The minimum atomic E-state index is -0.0888. The highest BCUT2D eigenvalue weighted by molar-refractivity contribution is 6.25. The van der Waals surface area contributed by atoms with Gasteiger partial charge < -0.3 is 8.83 Å². The normalized spacial score (nSPS) is 13.4. The molecular weight excluding hydrogens is 721 g/mol. The number of furan rings is 2. The van der Waals surface area contributed by atoms with Gasteiger partial charge in [-0.1, -0.05) is 153 Å². The zero-order valence-corrected chi connectivity index (χ0v) is 32.4. The molecule has 4 nitrogen and oxygen atoms in total. The van der Waals surface area contributed by atoms with Gasteiger partial charge in [0.05, 0.1) is 28.3 Å². The summed E-state index contributed by atoms with van der Waals surface area (Å²) >= 11 is 0. The fourth-order valence-corrected chi connectivity index (χ4v) is 10.1. The molecule has 276 valence electrons. The summed E-state index contributed by atoms with van der Waals surface area (Å²) in [6.07, 6.45) is 1.90. The molecule has 0 N–H and O–H groups in total. The molecule has 0 saturated carbocycles. The molecule has 1 aliphatic rings.